The normalized spacial score (nSPS) is 17.0. The van der Waals surface area contributed by atoms with Crippen LogP contribution in [0, 0.1) is 6.92 Å². The Morgan fingerprint density at radius 1 is 1.11 bits per heavy atom. The van der Waals surface area contributed by atoms with Gasteiger partial charge in [-0.2, -0.15) is 0 Å². The molecule has 0 radical (unpaired) electrons. The molecule has 4 rings (SSSR count). The van der Waals surface area contributed by atoms with E-state index < -0.39 is 17.7 Å². The van der Waals surface area contributed by atoms with E-state index in [2.05, 4.69) is 4.98 Å². The van der Waals surface area contributed by atoms with Crippen molar-refractivity contribution < 1.29 is 24.2 Å². The smallest absolute Gasteiger partial charge is 0.295 e. The summed E-state index contributed by atoms with van der Waals surface area (Å²) in [5, 5.41) is 11.3. The zero-order valence-electron chi connectivity index (χ0n) is 20.0. The average molecular weight is 473 g/mol. The van der Waals surface area contributed by atoms with Gasteiger partial charge in [0, 0.05) is 24.5 Å². The number of ketones is 1. The van der Waals surface area contributed by atoms with Crippen LogP contribution in [0.4, 0.5) is 0 Å². The van der Waals surface area contributed by atoms with Gasteiger partial charge in [0.1, 0.15) is 17.3 Å². The fraction of sp³-hybridized carbons (Fsp3) is 0.250. The number of rotatable bonds is 8. The van der Waals surface area contributed by atoms with Gasteiger partial charge in [-0.3, -0.25) is 14.6 Å². The predicted molar refractivity (Wildman–Crippen MR) is 132 cm³/mol. The van der Waals surface area contributed by atoms with Crippen molar-refractivity contribution in [1.29, 1.82) is 0 Å². The molecular weight excluding hydrogens is 444 g/mol. The third kappa shape index (κ3) is 4.89. The standard InChI is InChI=1S/C28H28N2O5/c1-4-14-35-23-12-9-21(15-18(23)2)26(31)24-25(20-7-10-22(34-3)11-8-20)30(28(33)27(24)32)17-19-6-5-13-29-16-19/h5-13,15-16,25,31H,4,14,17H2,1-3H3/t25-/m1/s1. The van der Waals surface area contributed by atoms with E-state index in [0.29, 0.717) is 29.2 Å². The zero-order chi connectivity index (χ0) is 24.9. The summed E-state index contributed by atoms with van der Waals surface area (Å²) in [6, 6.07) is 15.2. The second-order valence-electron chi connectivity index (χ2n) is 8.39. The fourth-order valence-electron chi connectivity index (χ4n) is 4.19. The lowest BCUT2D eigenvalue weighted by Crippen LogP contribution is -2.29. The molecule has 35 heavy (non-hydrogen) atoms. The van der Waals surface area contributed by atoms with Gasteiger partial charge in [0.2, 0.25) is 0 Å². The summed E-state index contributed by atoms with van der Waals surface area (Å²) < 4.78 is 11.0. The van der Waals surface area contributed by atoms with E-state index in [1.165, 1.54) is 4.90 Å². The molecule has 1 aromatic heterocycles. The minimum absolute atomic E-state index is 0.0469. The molecule has 1 amide bonds. The number of aryl methyl sites for hydroxylation is 1. The van der Waals surface area contributed by atoms with Crippen molar-refractivity contribution in [2.45, 2.75) is 32.9 Å². The monoisotopic (exact) mass is 472 g/mol. The Hall–Kier alpha value is -4.13. The Morgan fingerprint density at radius 3 is 2.51 bits per heavy atom. The molecule has 2 heterocycles. The van der Waals surface area contributed by atoms with Crippen LogP contribution in [-0.2, 0) is 16.1 Å². The quantitative estimate of drug-likeness (QED) is 0.288. The molecule has 1 N–H and O–H groups in total. The van der Waals surface area contributed by atoms with E-state index in [9.17, 15) is 14.7 Å². The molecule has 7 nitrogen and oxygen atoms in total. The molecular formula is C28H28N2O5. The Kier molecular flexibility index (Phi) is 7.15. The first-order valence-electron chi connectivity index (χ1n) is 11.5. The number of amides is 1. The van der Waals surface area contributed by atoms with Crippen molar-refractivity contribution in [3.63, 3.8) is 0 Å². The summed E-state index contributed by atoms with van der Waals surface area (Å²) >= 11 is 0. The SMILES string of the molecule is CCCOc1ccc(C(O)=C2C(=O)C(=O)N(Cc3cccnc3)[C@@H]2c2ccc(OC)cc2)cc1C. The molecule has 0 saturated carbocycles. The van der Waals surface area contributed by atoms with Crippen molar-refractivity contribution in [3.05, 3.63) is 94.8 Å². The Bertz CT molecular complexity index is 1250. The minimum Gasteiger partial charge on any atom is -0.507 e. The maximum absolute atomic E-state index is 13.2. The number of likely N-dealkylation sites (tertiary alicyclic amines) is 1. The molecule has 0 unspecified atom stereocenters. The number of methoxy groups -OCH3 is 1. The highest BCUT2D eigenvalue weighted by atomic mass is 16.5. The molecule has 1 aliphatic heterocycles. The van der Waals surface area contributed by atoms with Crippen LogP contribution in [-0.4, -0.2) is 40.4 Å². The molecule has 1 aliphatic rings. The van der Waals surface area contributed by atoms with Crippen LogP contribution in [0.25, 0.3) is 5.76 Å². The van der Waals surface area contributed by atoms with Gasteiger partial charge >= 0.3 is 0 Å². The number of hydrogen-bond acceptors (Lipinski definition) is 6. The molecule has 3 aromatic rings. The number of nitrogens with zero attached hydrogens (tertiary/aromatic N) is 2. The Balaban J connectivity index is 1.81. The summed E-state index contributed by atoms with van der Waals surface area (Å²) in [4.78, 5) is 32.0. The van der Waals surface area contributed by atoms with E-state index in [4.69, 9.17) is 9.47 Å². The third-order valence-electron chi connectivity index (χ3n) is 5.96. The lowest BCUT2D eigenvalue weighted by Gasteiger charge is -2.25. The van der Waals surface area contributed by atoms with E-state index >= 15 is 0 Å². The number of hydrogen-bond donors (Lipinski definition) is 1. The number of aromatic nitrogens is 1. The van der Waals surface area contributed by atoms with Crippen LogP contribution in [0.5, 0.6) is 11.5 Å². The maximum atomic E-state index is 13.2. The van der Waals surface area contributed by atoms with Crippen molar-refractivity contribution in [2.24, 2.45) is 0 Å². The number of aliphatic hydroxyl groups excluding tert-OH is 1. The summed E-state index contributed by atoms with van der Waals surface area (Å²) in [5.41, 5.74) is 2.79. The second kappa shape index (κ2) is 10.4. The summed E-state index contributed by atoms with van der Waals surface area (Å²) in [6.45, 7) is 4.67. The number of benzene rings is 2. The first-order chi connectivity index (χ1) is 16.9. The molecule has 0 aliphatic carbocycles. The molecule has 1 atom stereocenters. The van der Waals surface area contributed by atoms with Crippen molar-refractivity contribution in [2.75, 3.05) is 13.7 Å². The fourth-order valence-corrected chi connectivity index (χ4v) is 4.19. The molecule has 1 saturated heterocycles. The number of aliphatic hydroxyl groups is 1. The number of ether oxygens (including phenoxy) is 2. The van der Waals surface area contributed by atoms with Gasteiger partial charge in [-0.25, -0.2) is 0 Å². The summed E-state index contributed by atoms with van der Waals surface area (Å²) in [7, 11) is 1.57. The Labute approximate surface area is 204 Å². The van der Waals surface area contributed by atoms with Crippen molar-refractivity contribution in [1.82, 2.24) is 9.88 Å². The van der Waals surface area contributed by atoms with Gasteiger partial charge in [0.05, 0.1) is 25.3 Å². The number of carbonyl (C=O) groups is 2. The predicted octanol–water partition coefficient (Wildman–Crippen LogP) is 4.81. The molecule has 180 valence electrons. The molecule has 1 fully saturated rings. The molecule has 2 aromatic carbocycles. The van der Waals surface area contributed by atoms with Crippen molar-refractivity contribution >= 4 is 17.4 Å². The van der Waals surface area contributed by atoms with Crippen LogP contribution in [0.15, 0.2) is 72.6 Å². The first-order valence-corrected chi connectivity index (χ1v) is 11.5. The van der Waals surface area contributed by atoms with Crippen molar-refractivity contribution in [3.8, 4) is 11.5 Å². The van der Waals surface area contributed by atoms with Crippen LogP contribution in [0.2, 0.25) is 0 Å². The zero-order valence-corrected chi connectivity index (χ0v) is 20.0. The lowest BCUT2D eigenvalue weighted by molar-refractivity contribution is -0.140. The van der Waals surface area contributed by atoms with E-state index in [0.717, 1.165) is 17.5 Å². The molecule has 0 bridgehead atoms. The lowest BCUT2D eigenvalue weighted by atomic mass is 9.94. The highest BCUT2D eigenvalue weighted by Gasteiger charge is 2.46. The highest BCUT2D eigenvalue weighted by molar-refractivity contribution is 6.46. The summed E-state index contributed by atoms with van der Waals surface area (Å²) in [6.07, 6.45) is 4.18. The molecule has 7 heteroatoms. The van der Waals surface area contributed by atoms with Crippen LogP contribution in [0.3, 0.4) is 0 Å². The van der Waals surface area contributed by atoms with Gasteiger partial charge in [-0.1, -0.05) is 25.1 Å². The van der Waals surface area contributed by atoms with Gasteiger partial charge in [0.25, 0.3) is 11.7 Å². The summed E-state index contributed by atoms with van der Waals surface area (Å²) in [5.74, 6) is -0.251. The average Bonchev–Trinajstić information content (AvgIpc) is 3.13. The highest BCUT2D eigenvalue weighted by Crippen LogP contribution is 2.41. The largest absolute Gasteiger partial charge is 0.507 e. The maximum Gasteiger partial charge on any atom is 0.295 e. The number of pyridine rings is 1. The number of carbonyl (C=O) groups excluding carboxylic acids is 2. The second-order valence-corrected chi connectivity index (χ2v) is 8.39. The van der Waals surface area contributed by atoms with E-state index in [1.54, 1.807) is 68.0 Å². The van der Waals surface area contributed by atoms with Crippen LogP contribution in [0.1, 0.15) is 41.6 Å². The molecule has 0 spiro atoms. The first kappa shape index (κ1) is 24.0. The van der Waals surface area contributed by atoms with Gasteiger partial charge < -0.3 is 19.5 Å². The van der Waals surface area contributed by atoms with Crippen LogP contribution < -0.4 is 9.47 Å². The topological polar surface area (TPSA) is 89.0 Å². The minimum atomic E-state index is -0.766. The van der Waals surface area contributed by atoms with Crippen LogP contribution >= 0.6 is 0 Å². The Morgan fingerprint density at radius 2 is 1.89 bits per heavy atom. The van der Waals surface area contributed by atoms with E-state index in [-0.39, 0.29) is 17.9 Å². The van der Waals surface area contributed by atoms with Gasteiger partial charge in [0.15, 0.2) is 0 Å². The number of Topliss-reactive ketones (excluding diaryl/α,β-unsaturated/α-hetero) is 1. The van der Waals surface area contributed by atoms with Gasteiger partial charge in [-0.15, -0.1) is 0 Å². The van der Waals surface area contributed by atoms with Gasteiger partial charge in [-0.05, 0) is 66.4 Å². The third-order valence-corrected chi connectivity index (χ3v) is 5.96. The van der Waals surface area contributed by atoms with E-state index in [1.807, 2.05) is 19.9 Å².